The molecule has 1 unspecified atom stereocenters. The van der Waals surface area contributed by atoms with Gasteiger partial charge in [0.05, 0.1) is 23.8 Å². The number of fused-ring (bicyclic) bond motifs is 1. The molecule has 8 nitrogen and oxygen atoms in total. The van der Waals surface area contributed by atoms with Crippen LogP contribution in [0.2, 0.25) is 0 Å². The van der Waals surface area contributed by atoms with Gasteiger partial charge in [-0.25, -0.2) is 9.67 Å². The van der Waals surface area contributed by atoms with Crippen molar-refractivity contribution >= 4 is 22.1 Å². The van der Waals surface area contributed by atoms with E-state index in [1.54, 1.807) is 40.7 Å². The highest BCUT2D eigenvalue weighted by atomic mass is 32.1. The average molecular weight is 420 g/mol. The summed E-state index contributed by atoms with van der Waals surface area (Å²) in [5, 5.41) is 22.5. The Balaban J connectivity index is 1.27. The number of rotatable bonds is 6. The van der Waals surface area contributed by atoms with Gasteiger partial charge in [-0.3, -0.25) is 9.20 Å². The summed E-state index contributed by atoms with van der Waals surface area (Å²) in [7, 11) is 0. The number of aliphatic hydroxyl groups excluding tert-OH is 1. The lowest BCUT2D eigenvalue weighted by Crippen LogP contribution is -2.25. The molecule has 4 aromatic rings. The summed E-state index contributed by atoms with van der Waals surface area (Å²) in [4.78, 5) is 18.6. The number of amides is 1. The first kappa shape index (κ1) is 17.8. The van der Waals surface area contributed by atoms with Crippen molar-refractivity contribution in [3.8, 4) is 5.69 Å². The van der Waals surface area contributed by atoms with Gasteiger partial charge in [0.1, 0.15) is 23.0 Å². The molecule has 3 aromatic heterocycles. The SMILES string of the molecule is O=C(NC1CC1)c1ccc(-n2cc(C(O)c3c(C4CC4)sc4cncn34)nn2)cc1. The van der Waals surface area contributed by atoms with Gasteiger partial charge in [0.2, 0.25) is 0 Å². The third kappa shape index (κ3) is 3.10. The Kier molecular flexibility index (Phi) is 4.00. The molecule has 1 amide bonds. The van der Waals surface area contributed by atoms with Crippen molar-refractivity contribution < 1.29 is 9.90 Å². The maximum Gasteiger partial charge on any atom is 0.251 e. The normalized spacial score (nSPS) is 17.4. The molecule has 3 heterocycles. The molecule has 0 spiro atoms. The zero-order valence-electron chi connectivity index (χ0n) is 16.1. The molecule has 30 heavy (non-hydrogen) atoms. The van der Waals surface area contributed by atoms with Gasteiger partial charge in [0.15, 0.2) is 0 Å². The highest BCUT2D eigenvalue weighted by molar-refractivity contribution is 7.17. The molecule has 6 rings (SSSR count). The number of carbonyl (C=O) groups excluding carboxylic acids is 1. The molecular formula is C21H20N6O2S. The number of hydrogen-bond acceptors (Lipinski definition) is 6. The van der Waals surface area contributed by atoms with Gasteiger partial charge in [-0.05, 0) is 55.9 Å². The molecular weight excluding hydrogens is 400 g/mol. The van der Waals surface area contributed by atoms with Gasteiger partial charge in [0.25, 0.3) is 5.91 Å². The molecule has 2 aliphatic carbocycles. The number of imidazole rings is 1. The van der Waals surface area contributed by atoms with Crippen LogP contribution < -0.4 is 5.32 Å². The third-order valence-electron chi connectivity index (χ3n) is 5.64. The summed E-state index contributed by atoms with van der Waals surface area (Å²) in [6.07, 6.45) is 8.87. The van der Waals surface area contributed by atoms with Crippen molar-refractivity contribution in [2.45, 2.75) is 43.7 Å². The van der Waals surface area contributed by atoms with Crippen molar-refractivity contribution in [2.75, 3.05) is 0 Å². The van der Waals surface area contributed by atoms with E-state index in [0.29, 0.717) is 23.2 Å². The van der Waals surface area contributed by atoms with E-state index in [4.69, 9.17) is 0 Å². The molecule has 152 valence electrons. The van der Waals surface area contributed by atoms with E-state index in [1.165, 1.54) is 4.88 Å². The third-order valence-corrected chi connectivity index (χ3v) is 6.91. The van der Waals surface area contributed by atoms with Crippen LogP contribution in [-0.4, -0.2) is 41.4 Å². The Morgan fingerprint density at radius 2 is 2.00 bits per heavy atom. The van der Waals surface area contributed by atoms with Crippen LogP contribution >= 0.6 is 11.3 Å². The number of hydrogen-bond donors (Lipinski definition) is 2. The largest absolute Gasteiger partial charge is 0.380 e. The standard InChI is InChI=1S/C21H20N6O2S/c28-19(18-20(12-1-2-12)30-17-9-22-11-26(17)18)16-10-27(25-24-16)15-7-3-13(4-8-15)21(29)23-14-5-6-14/h3-4,7-12,14,19,28H,1-2,5-6H2,(H,23,29). The Morgan fingerprint density at radius 3 is 2.73 bits per heavy atom. The van der Waals surface area contributed by atoms with Crippen LogP contribution in [0.3, 0.4) is 0 Å². The second-order valence-electron chi connectivity index (χ2n) is 8.01. The fourth-order valence-corrected chi connectivity index (χ4v) is 4.96. The molecule has 0 bridgehead atoms. The van der Waals surface area contributed by atoms with Crippen molar-refractivity contribution in [1.29, 1.82) is 0 Å². The topological polar surface area (TPSA) is 97.3 Å². The van der Waals surface area contributed by atoms with Crippen LogP contribution in [0, 0.1) is 0 Å². The molecule has 9 heteroatoms. The number of nitrogens with one attached hydrogen (secondary N) is 1. The van der Waals surface area contributed by atoms with Gasteiger partial charge in [0, 0.05) is 16.5 Å². The lowest BCUT2D eigenvalue weighted by molar-refractivity contribution is 0.0951. The fraction of sp³-hybridized carbons (Fsp3) is 0.333. The zero-order valence-corrected chi connectivity index (χ0v) is 16.9. The van der Waals surface area contributed by atoms with Gasteiger partial charge >= 0.3 is 0 Å². The van der Waals surface area contributed by atoms with Crippen LogP contribution in [0.4, 0.5) is 0 Å². The highest BCUT2D eigenvalue weighted by Gasteiger charge is 2.33. The van der Waals surface area contributed by atoms with E-state index >= 15 is 0 Å². The summed E-state index contributed by atoms with van der Waals surface area (Å²) in [6.45, 7) is 0. The predicted molar refractivity (Wildman–Crippen MR) is 111 cm³/mol. The first-order valence-corrected chi connectivity index (χ1v) is 11.0. The fourth-order valence-electron chi connectivity index (χ4n) is 3.66. The molecule has 0 aliphatic heterocycles. The first-order chi connectivity index (χ1) is 14.7. The number of thiazole rings is 1. The number of benzene rings is 1. The quantitative estimate of drug-likeness (QED) is 0.500. The number of carbonyl (C=O) groups is 1. The summed E-state index contributed by atoms with van der Waals surface area (Å²) < 4.78 is 3.57. The number of aliphatic hydroxyl groups is 1. The maximum atomic E-state index is 12.2. The second kappa shape index (κ2) is 6.75. The predicted octanol–water partition coefficient (Wildman–Crippen LogP) is 2.83. The Labute approximate surface area is 176 Å². The van der Waals surface area contributed by atoms with E-state index in [2.05, 4.69) is 20.6 Å². The minimum Gasteiger partial charge on any atom is -0.380 e. The molecule has 1 atom stereocenters. The maximum absolute atomic E-state index is 12.2. The van der Waals surface area contributed by atoms with Crippen molar-refractivity contribution in [1.82, 2.24) is 29.7 Å². The monoisotopic (exact) mass is 420 g/mol. The Bertz CT molecular complexity index is 1230. The molecule has 0 radical (unpaired) electrons. The lowest BCUT2D eigenvalue weighted by atomic mass is 10.1. The summed E-state index contributed by atoms with van der Waals surface area (Å²) >= 11 is 1.69. The average Bonchev–Trinajstić information content (AvgIpc) is 3.63. The molecule has 2 aliphatic rings. The van der Waals surface area contributed by atoms with Crippen LogP contribution in [0.5, 0.6) is 0 Å². The smallest absolute Gasteiger partial charge is 0.251 e. The van der Waals surface area contributed by atoms with Crippen LogP contribution in [-0.2, 0) is 0 Å². The molecule has 2 N–H and O–H groups in total. The Hall–Kier alpha value is -3.04. The second-order valence-corrected chi connectivity index (χ2v) is 9.08. The van der Waals surface area contributed by atoms with Gasteiger partial charge in [-0.2, -0.15) is 0 Å². The van der Waals surface area contributed by atoms with E-state index in [0.717, 1.165) is 41.9 Å². The summed E-state index contributed by atoms with van der Waals surface area (Å²) in [5.41, 5.74) is 2.74. The van der Waals surface area contributed by atoms with Gasteiger partial charge in [-0.1, -0.05) is 5.21 Å². The van der Waals surface area contributed by atoms with Crippen LogP contribution in [0.15, 0.2) is 43.0 Å². The highest BCUT2D eigenvalue weighted by Crippen LogP contribution is 2.47. The number of aromatic nitrogens is 5. The summed E-state index contributed by atoms with van der Waals surface area (Å²) in [5.74, 6) is 0.470. The van der Waals surface area contributed by atoms with E-state index < -0.39 is 6.10 Å². The Morgan fingerprint density at radius 1 is 1.20 bits per heavy atom. The number of nitrogens with zero attached hydrogens (tertiary/aromatic N) is 5. The van der Waals surface area contributed by atoms with Gasteiger partial charge in [-0.15, -0.1) is 16.4 Å². The molecule has 2 saturated carbocycles. The first-order valence-electron chi connectivity index (χ1n) is 10.1. The van der Waals surface area contributed by atoms with E-state index in [9.17, 15) is 9.90 Å². The molecule has 1 aromatic carbocycles. The van der Waals surface area contributed by atoms with Crippen LogP contribution in [0.1, 0.15) is 64.3 Å². The van der Waals surface area contributed by atoms with Crippen molar-refractivity contribution in [2.24, 2.45) is 0 Å². The lowest BCUT2D eigenvalue weighted by Gasteiger charge is -2.09. The van der Waals surface area contributed by atoms with E-state index in [1.807, 2.05) is 22.7 Å². The summed E-state index contributed by atoms with van der Waals surface area (Å²) in [6, 6.07) is 7.56. The zero-order chi connectivity index (χ0) is 20.2. The van der Waals surface area contributed by atoms with Crippen molar-refractivity contribution in [3.63, 3.8) is 0 Å². The van der Waals surface area contributed by atoms with Crippen LogP contribution in [0.25, 0.3) is 10.5 Å². The van der Waals surface area contributed by atoms with E-state index in [-0.39, 0.29) is 5.91 Å². The minimum absolute atomic E-state index is 0.0480. The molecule has 0 saturated heterocycles. The molecule has 2 fully saturated rings. The van der Waals surface area contributed by atoms with Crippen molar-refractivity contribution in [3.05, 3.63) is 64.8 Å². The van der Waals surface area contributed by atoms with Gasteiger partial charge < -0.3 is 10.4 Å². The minimum atomic E-state index is -0.874.